The van der Waals surface area contributed by atoms with E-state index in [1.165, 1.54) is 22.2 Å². The van der Waals surface area contributed by atoms with Gasteiger partial charge in [0, 0.05) is 34.6 Å². The second-order valence-electron chi connectivity index (χ2n) is 8.40. The van der Waals surface area contributed by atoms with Crippen LogP contribution in [-0.4, -0.2) is 24.0 Å². The standard InChI is InChI=1S/C23H26N2O2/c1-23(2,3)15-7-5-14(6-8-15)22(26)24-16-11-18-19-13-17(27-4)9-10-20(19)25-21(18)12-16/h5-10,13,16,25H,11-12H2,1-4H3,(H,24,26). The molecule has 0 saturated carbocycles. The van der Waals surface area contributed by atoms with Crippen molar-refractivity contribution in [2.24, 2.45) is 0 Å². The van der Waals surface area contributed by atoms with E-state index in [4.69, 9.17) is 4.74 Å². The minimum Gasteiger partial charge on any atom is -0.497 e. The van der Waals surface area contributed by atoms with Gasteiger partial charge in [-0.1, -0.05) is 32.9 Å². The van der Waals surface area contributed by atoms with Crippen molar-refractivity contribution in [3.05, 3.63) is 64.8 Å². The minimum absolute atomic E-state index is 0.00695. The molecule has 0 aliphatic heterocycles. The first-order valence-electron chi connectivity index (χ1n) is 9.44. The Bertz CT molecular complexity index is 994. The molecular weight excluding hydrogens is 336 g/mol. The van der Waals surface area contributed by atoms with E-state index in [-0.39, 0.29) is 17.4 Å². The number of aromatic amines is 1. The summed E-state index contributed by atoms with van der Waals surface area (Å²) in [6.45, 7) is 6.52. The van der Waals surface area contributed by atoms with Crippen molar-refractivity contribution in [1.29, 1.82) is 0 Å². The molecule has 1 heterocycles. The van der Waals surface area contributed by atoms with Crippen molar-refractivity contribution in [3.8, 4) is 5.75 Å². The van der Waals surface area contributed by atoms with E-state index in [0.717, 1.165) is 24.1 Å². The molecule has 2 aromatic carbocycles. The summed E-state index contributed by atoms with van der Waals surface area (Å²) in [5, 5.41) is 4.38. The zero-order valence-corrected chi connectivity index (χ0v) is 16.3. The molecular formula is C23H26N2O2. The molecule has 27 heavy (non-hydrogen) atoms. The van der Waals surface area contributed by atoms with Crippen molar-refractivity contribution >= 4 is 16.8 Å². The molecule has 1 amide bonds. The molecule has 1 unspecified atom stereocenters. The molecule has 1 atom stereocenters. The third-order valence-electron chi connectivity index (χ3n) is 5.45. The average Bonchev–Trinajstić information content (AvgIpc) is 3.17. The van der Waals surface area contributed by atoms with E-state index in [1.54, 1.807) is 7.11 Å². The predicted octanol–water partition coefficient (Wildman–Crippen LogP) is 4.37. The lowest BCUT2D eigenvalue weighted by atomic mass is 9.86. The van der Waals surface area contributed by atoms with E-state index in [9.17, 15) is 4.79 Å². The number of ether oxygens (including phenoxy) is 1. The fourth-order valence-corrected chi connectivity index (χ4v) is 3.87. The van der Waals surface area contributed by atoms with Gasteiger partial charge in [-0.15, -0.1) is 0 Å². The Morgan fingerprint density at radius 1 is 1.11 bits per heavy atom. The van der Waals surface area contributed by atoms with Crippen molar-refractivity contribution in [1.82, 2.24) is 10.3 Å². The molecule has 0 fully saturated rings. The fraction of sp³-hybridized carbons (Fsp3) is 0.348. The summed E-state index contributed by atoms with van der Waals surface area (Å²) >= 11 is 0. The zero-order valence-electron chi connectivity index (χ0n) is 16.3. The monoisotopic (exact) mass is 362 g/mol. The van der Waals surface area contributed by atoms with Crippen molar-refractivity contribution in [2.45, 2.75) is 45.1 Å². The summed E-state index contributed by atoms with van der Waals surface area (Å²) in [7, 11) is 1.68. The topological polar surface area (TPSA) is 54.1 Å². The highest BCUT2D eigenvalue weighted by molar-refractivity contribution is 5.95. The molecule has 0 bridgehead atoms. The maximum atomic E-state index is 12.7. The highest BCUT2D eigenvalue weighted by Gasteiger charge is 2.27. The van der Waals surface area contributed by atoms with Gasteiger partial charge in [-0.05, 0) is 53.3 Å². The maximum absolute atomic E-state index is 12.7. The zero-order chi connectivity index (χ0) is 19.2. The van der Waals surface area contributed by atoms with Crippen LogP contribution in [-0.2, 0) is 18.3 Å². The van der Waals surface area contributed by atoms with Gasteiger partial charge in [-0.25, -0.2) is 0 Å². The molecule has 0 radical (unpaired) electrons. The number of fused-ring (bicyclic) bond motifs is 3. The third-order valence-corrected chi connectivity index (χ3v) is 5.45. The van der Waals surface area contributed by atoms with Crippen LogP contribution in [0, 0.1) is 0 Å². The Morgan fingerprint density at radius 2 is 1.85 bits per heavy atom. The number of rotatable bonds is 3. The molecule has 4 heteroatoms. The summed E-state index contributed by atoms with van der Waals surface area (Å²) in [6.07, 6.45) is 1.67. The van der Waals surface area contributed by atoms with E-state index >= 15 is 0 Å². The third kappa shape index (κ3) is 3.32. The van der Waals surface area contributed by atoms with Gasteiger partial charge < -0.3 is 15.0 Å². The van der Waals surface area contributed by atoms with E-state index in [0.29, 0.717) is 5.56 Å². The number of nitrogens with one attached hydrogen (secondary N) is 2. The van der Waals surface area contributed by atoms with Crippen molar-refractivity contribution in [2.75, 3.05) is 7.11 Å². The molecule has 1 aliphatic rings. The molecule has 2 N–H and O–H groups in total. The number of carbonyl (C=O) groups excluding carboxylic acids is 1. The normalized spacial score (nSPS) is 16.4. The van der Waals surface area contributed by atoms with Crippen molar-refractivity contribution < 1.29 is 9.53 Å². The molecule has 3 aromatic rings. The molecule has 0 saturated heterocycles. The van der Waals surface area contributed by atoms with Gasteiger partial charge in [0.05, 0.1) is 7.11 Å². The largest absolute Gasteiger partial charge is 0.497 e. The molecule has 0 spiro atoms. The lowest BCUT2D eigenvalue weighted by Crippen LogP contribution is -2.35. The highest BCUT2D eigenvalue weighted by Crippen LogP contribution is 2.32. The summed E-state index contributed by atoms with van der Waals surface area (Å²) in [4.78, 5) is 16.1. The number of methoxy groups -OCH3 is 1. The maximum Gasteiger partial charge on any atom is 0.251 e. The Morgan fingerprint density at radius 3 is 2.52 bits per heavy atom. The Hall–Kier alpha value is -2.75. The molecule has 1 aromatic heterocycles. The first kappa shape index (κ1) is 17.7. The average molecular weight is 362 g/mol. The van der Waals surface area contributed by atoms with Gasteiger partial charge in [-0.2, -0.15) is 0 Å². The SMILES string of the molecule is COc1ccc2[nH]c3c(c2c1)CC(NC(=O)c1ccc(C(C)(C)C)cc1)C3. The number of hydrogen-bond acceptors (Lipinski definition) is 2. The predicted molar refractivity (Wildman–Crippen MR) is 109 cm³/mol. The summed E-state index contributed by atoms with van der Waals surface area (Å²) in [5.74, 6) is 0.850. The number of benzene rings is 2. The lowest BCUT2D eigenvalue weighted by molar-refractivity contribution is 0.0938. The first-order chi connectivity index (χ1) is 12.8. The quantitative estimate of drug-likeness (QED) is 0.727. The smallest absolute Gasteiger partial charge is 0.251 e. The number of aromatic nitrogens is 1. The van der Waals surface area contributed by atoms with Gasteiger partial charge in [0.2, 0.25) is 0 Å². The summed E-state index contributed by atoms with van der Waals surface area (Å²) in [6, 6.07) is 14.1. The number of H-pyrrole nitrogens is 1. The van der Waals surface area contributed by atoms with Crippen LogP contribution in [0.1, 0.15) is 48.0 Å². The highest BCUT2D eigenvalue weighted by atomic mass is 16.5. The van der Waals surface area contributed by atoms with E-state index < -0.39 is 0 Å². The van der Waals surface area contributed by atoms with Crippen LogP contribution in [0.4, 0.5) is 0 Å². The van der Waals surface area contributed by atoms with Crippen LogP contribution in [0.2, 0.25) is 0 Å². The molecule has 1 aliphatic carbocycles. The number of amides is 1. The van der Waals surface area contributed by atoms with Gasteiger partial charge in [0.25, 0.3) is 5.91 Å². The van der Waals surface area contributed by atoms with Crippen LogP contribution >= 0.6 is 0 Å². The summed E-state index contributed by atoms with van der Waals surface area (Å²) in [5.41, 5.74) is 5.67. The van der Waals surface area contributed by atoms with E-state index in [2.05, 4.69) is 43.2 Å². The molecule has 4 rings (SSSR count). The Kier molecular flexibility index (Phi) is 4.22. The van der Waals surface area contributed by atoms with E-state index in [1.807, 2.05) is 30.3 Å². The van der Waals surface area contributed by atoms with Gasteiger partial charge in [0.1, 0.15) is 5.75 Å². The lowest BCUT2D eigenvalue weighted by Gasteiger charge is -2.19. The van der Waals surface area contributed by atoms with Crippen LogP contribution in [0.25, 0.3) is 10.9 Å². The molecule has 4 nitrogen and oxygen atoms in total. The van der Waals surface area contributed by atoms with Crippen molar-refractivity contribution in [3.63, 3.8) is 0 Å². The van der Waals surface area contributed by atoms with Crippen LogP contribution in [0.5, 0.6) is 5.75 Å². The van der Waals surface area contributed by atoms with Crippen LogP contribution in [0.3, 0.4) is 0 Å². The number of carbonyl (C=O) groups is 1. The summed E-state index contributed by atoms with van der Waals surface area (Å²) < 4.78 is 5.35. The Balaban J connectivity index is 1.48. The fourth-order valence-electron chi connectivity index (χ4n) is 3.87. The Labute approximate surface area is 159 Å². The van der Waals surface area contributed by atoms with Crippen LogP contribution in [0.15, 0.2) is 42.5 Å². The van der Waals surface area contributed by atoms with Crippen LogP contribution < -0.4 is 10.1 Å². The number of hydrogen-bond donors (Lipinski definition) is 2. The second-order valence-corrected chi connectivity index (χ2v) is 8.40. The van der Waals surface area contributed by atoms with Gasteiger partial charge >= 0.3 is 0 Å². The second kappa shape index (κ2) is 6.45. The van der Waals surface area contributed by atoms with Gasteiger partial charge in [-0.3, -0.25) is 4.79 Å². The minimum atomic E-state index is -0.00695. The van der Waals surface area contributed by atoms with Gasteiger partial charge in [0.15, 0.2) is 0 Å². The first-order valence-corrected chi connectivity index (χ1v) is 9.44. The molecule has 140 valence electrons.